The van der Waals surface area contributed by atoms with E-state index in [1.54, 1.807) is 36.4 Å². The van der Waals surface area contributed by atoms with Crippen molar-refractivity contribution in [3.63, 3.8) is 0 Å². The minimum absolute atomic E-state index is 0.0374. The van der Waals surface area contributed by atoms with Gasteiger partial charge in [-0.05, 0) is 72.4 Å². The number of esters is 1. The van der Waals surface area contributed by atoms with Crippen LogP contribution in [0, 0.1) is 13.8 Å². The molecule has 0 aliphatic carbocycles. The summed E-state index contributed by atoms with van der Waals surface area (Å²) in [5.41, 5.74) is 3.33. The van der Waals surface area contributed by atoms with Crippen molar-refractivity contribution >= 4 is 16.9 Å². The summed E-state index contributed by atoms with van der Waals surface area (Å²) < 4.78 is 17.0. The molecule has 0 N–H and O–H groups in total. The van der Waals surface area contributed by atoms with Crippen LogP contribution in [0.1, 0.15) is 47.8 Å². The van der Waals surface area contributed by atoms with Crippen LogP contribution in [0.3, 0.4) is 0 Å². The molecule has 0 radical (unpaired) electrons. The standard InChI is InChI=1S/C26H24O5/c1-15-13-19-21(14-16(15)2)30-23(20-7-6-12-29-20)24(22(19)27)31-25(28)17-8-10-18(11-9-17)26(3,4)5/h6-14H,1-5H3. The molecule has 2 aromatic heterocycles. The summed E-state index contributed by atoms with van der Waals surface area (Å²) >= 11 is 0. The van der Waals surface area contributed by atoms with Gasteiger partial charge in [-0.15, -0.1) is 0 Å². The molecule has 2 aromatic carbocycles. The lowest BCUT2D eigenvalue weighted by Gasteiger charge is -2.19. The van der Waals surface area contributed by atoms with Crippen LogP contribution in [-0.4, -0.2) is 5.97 Å². The molecule has 0 bridgehead atoms. The Balaban J connectivity index is 1.81. The van der Waals surface area contributed by atoms with Gasteiger partial charge in [-0.2, -0.15) is 0 Å². The zero-order chi connectivity index (χ0) is 22.3. The van der Waals surface area contributed by atoms with E-state index < -0.39 is 11.4 Å². The van der Waals surface area contributed by atoms with Crippen LogP contribution in [0.15, 0.2) is 68.4 Å². The second-order valence-corrected chi connectivity index (χ2v) is 8.72. The van der Waals surface area contributed by atoms with Gasteiger partial charge in [0.15, 0.2) is 5.76 Å². The fourth-order valence-electron chi connectivity index (χ4n) is 3.35. The smallest absolute Gasteiger partial charge is 0.343 e. The molecule has 5 nitrogen and oxygen atoms in total. The van der Waals surface area contributed by atoms with Crippen LogP contribution in [0.25, 0.3) is 22.5 Å². The van der Waals surface area contributed by atoms with Crippen LogP contribution in [-0.2, 0) is 5.41 Å². The van der Waals surface area contributed by atoms with Crippen molar-refractivity contribution in [1.82, 2.24) is 0 Å². The molecule has 0 aliphatic heterocycles. The summed E-state index contributed by atoms with van der Waals surface area (Å²) in [5, 5.41) is 0.351. The predicted octanol–water partition coefficient (Wildman–Crippen LogP) is 6.19. The number of benzene rings is 2. The van der Waals surface area contributed by atoms with Gasteiger partial charge in [-0.1, -0.05) is 32.9 Å². The van der Waals surface area contributed by atoms with E-state index in [0.717, 1.165) is 16.7 Å². The fraction of sp³-hybridized carbons (Fsp3) is 0.231. The lowest BCUT2D eigenvalue weighted by molar-refractivity contribution is 0.0731. The first-order chi connectivity index (χ1) is 14.6. The highest BCUT2D eigenvalue weighted by Gasteiger charge is 2.23. The largest absolute Gasteiger partial charge is 0.461 e. The van der Waals surface area contributed by atoms with Crippen molar-refractivity contribution in [2.45, 2.75) is 40.0 Å². The van der Waals surface area contributed by atoms with E-state index >= 15 is 0 Å². The van der Waals surface area contributed by atoms with Gasteiger partial charge in [0.05, 0.1) is 17.2 Å². The normalized spacial score (nSPS) is 11.6. The molecule has 0 amide bonds. The van der Waals surface area contributed by atoms with Crippen molar-refractivity contribution in [2.24, 2.45) is 0 Å². The Bertz CT molecular complexity index is 1320. The Labute approximate surface area is 180 Å². The number of furan rings is 1. The van der Waals surface area contributed by atoms with E-state index in [1.165, 1.54) is 6.26 Å². The molecule has 4 rings (SSSR count). The molecule has 0 unspecified atom stereocenters. The molecule has 31 heavy (non-hydrogen) atoms. The van der Waals surface area contributed by atoms with Crippen LogP contribution in [0.5, 0.6) is 5.75 Å². The Morgan fingerprint density at radius 2 is 1.65 bits per heavy atom. The fourth-order valence-corrected chi connectivity index (χ4v) is 3.35. The second kappa shape index (κ2) is 7.58. The van der Waals surface area contributed by atoms with Gasteiger partial charge < -0.3 is 13.6 Å². The van der Waals surface area contributed by atoms with Gasteiger partial charge in [0, 0.05) is 0 Å². The van der Waals surface area contributed by atoms with Crippen molar-refractivity contribution in [3.8, 4) is 17.3 Å². The maximum Gasteiger partial charge on any atom is 0.343 e. The van der Waals surface area contributed by atoms with E-state index in [-0.39, 0.29) is 16.9 Å². The Kier molecular flexibility index (Phi) is 5.05. The third kappa shape index (κ3) is 3.91. The molecule has 158 valence electrons. The number of hydrogen-bond acceptors (Lipinski definition) is 5. The molecule has 0 spiro atoms. The summed E-state index contributed by atoms with van der Waals surface area (Å²) in [4.78, 5) is 26.2. The summed E-state index contributed by atoms with van der Waals surface area (Å²) in [6.45, 7) is 10.1. The summed E-state index contributed by atoms with van der Waals surface area (Å²) in [5.74, 6) is -0.423. The van der Waals surface area contributed by atoms with E-state index in [1.807, 2.05) is 26.0 Å². The average Bonchev–Trinajstić information content (AvgIpc) is 3.25. The number of carbonyl (C=O) groups is 1. The molecular weight excluding hydrogens is 392 g/mol. The molecular formula is C26H24O5. The van der Waals surface area contributed by atoms with Crippen LogP contribution >= 0.6 is 0 Å². The lowest BCUT2D eigenvalue weighted by Crippen LogP contribution is -2.17. The average molecular weight is 416 g/mol. The maximum absolute atomic E-state index is 13.3. The number of ether oxygens (including phenoxy) is 1. The number of aryl methyl sites for hydroxylation is 2. The lowest BCUT2D eigenvalue weighted by atomic mass is 9.87. The first kappa shape index (κ1) is 20.7. The summed E-state index contributed by atoms with van der Waals surface area (Å²) in [6.07, 6.45) is 1.47. The van der Waals surface area contributed by atoms with Crippen molar-refractivity contribution in [3.05, 3.63) is 87.3 Å². The highest BCUT2D eigenvalue weighted by Crippen LogP contribution is 2.32. The topological polar surface area (TPSA) is 69.7 Å². The Morgan fingerprint density at radius 3 is 2.26 bits per heavy atom. The van der Waals surface area contributed by atoms with Crippen LogP contribution < -0.4 is 10.2 Å². The first-order valence-corrected chi connectivity index (χ1v) is 10.1. The maximum atomic E-state index is 13.3. The third-order valence-corrected chi connectivity index (χ3v) is 5.39. The van der Waals surface area contributed by atoms with Crippen molar-refractivity contribution in [2.75, 3.05) is 0 Å². The van der Waals surface area contributed by atoms with E-state index in [2.05, 4.69) is 20.8 Å². The monoisotopic (exact) mass is 416 g/mol. The minimum Gasteiger partial charge on any atom is -0.461 e. The van der Waals surface area contributed by atoms with Crippen molar-refractivity contribution < 1.29 is 18.4 Å². The predicted molar refractivity (Wildman–Crippen MR) is 120 cm³/mol. The minimum atomic E-state index is -0.635. The Hall–Kier alpha value is -3.60. The molecule has 0 saturated heterocycles. The molecule has 4 aromatic rings. The number of hydrogen-bond donors (Lipinski definition) is 0. The molecule has 2 heterocycles. The van der Waals surface area contributed by atoms with Gasteiger partial charge in [0.1, 0.15) is 5.58 Å². The van der Waals surface area contributed by atoms with Gasteiger partial charge >= 0.3 is 5.97 Å². The van der Waals surface area contributed by atoms with E-state index in [9.17, 15) is 9.59 Å². The number of fused-ring (bicyclic) bond motifs is 1. The molecule has 0 atom stereocenters. The van der Waals surface area contributed by atoms with Crippen LogP contribution in [0.4, 0.5) is 0 Å². The molecule has 0 aliphatic rings. The third-order valence-electron chi connectivity index (χ3n) is 5.39. The highest BCUT2D eigenvalue weighted by molar-refractivity contribution is 5.93. The number of rotatable bonds is 3. The Morgan fingerprint density at radius 1 is 0.968 bits per heavy atom. The summed E-state index contributed by atoms with van der Waals surface area (Å²) in [6, 6.07) is 14.1. The zero-order valence-corrected chi connectivity index (χ0v) is 18.2. The summed E-state index contributed by atoms with van der Waals surface area (Å²) in [7, 11) is 0. The van der Waals surface area contributed by atoms with Crippen LogP contribution in [0.2, 0.25) is 0 Å². The highest BCUT2D eigenvalue weighted by atomic mass is 16.5. The van der Waals surface area contributed by atoms with Gasteiger partial charge in [0.2, 0.25) is 16.9 Å². The van der Waals surface area contributed by atoms with Gasteiger partial charge in [-0.3, -0.25) is 4.79 Å². The van der Waals surface area contributed by atoms with Crippen molar-refractivity contribution in [1.29, 1.82) is 0 Å². The second-order valence-electron chi connectivity index (χ2n) is 8.72. The quantitative estimate of drug-likeness (QED) is 0.373. The van der Waals surface area contributed by atoms with E-state index in [4.69, 9.17) is 13.6 Å². The first-order valence-electron chi connectivity index (χ1n) is 10.1. The van der Waals surface area contributed by atoms with Gasteiger partial charge in [0.25, 0.3) is 0 Å². The SMILES string of the molecule is Cc1cc2oc(-c3ccco3)c(OC(=O)c3ccc(C(C)(C)C)cc3)c(=O)c2cc1C. The van der Waals surface area contributed by atoms with Gasteiger partial charge in [-0.25, -0.2) is 4.79 Å². The number of carbonyl (C=O) groups excluding carboxylic acids is 1. The zero-order valence-electron chi connectivity index (χ0n) is 18.2. The molecule has 0 fully saturated rings. The molecule has 5 heteroatoms. The van der Waals surface area contributed by atoms with E-state index in [0.29, 0.717) is 22.3 Å². The molecule has 0 saturated carbocycles.